The number of ketones is 1. The predicted molar refractivity (Wildman–Crippen MR) is 115 cm³/mol. The fourth-order valence-electron chi connectivity index (χ4n) is 3.35. The zero-order valence-electron chi connectivity index (χ0n) is 16.6. The number of esters is 1. The molecule has 3 aromatic carbocycles. The molecule has 0 aliphatic rings. The molecule has 0 unspecified atom stereocenters. The standard InChI is InChI=1S/C25H19NO4/c1-16(27)18-10-6-11-19(14-18)21-15-26-24(29-2)20-12-7-13-22(23(20)21)30-25(28)17-8-4-3-5-9-17/h3-15H,1-2H3. The van der Waals surface area contributed by atoms with Gasteiger partial charge in [-0.1, -0.05) is 42.5 Å². The molecule has 0 atom stereocenters. The van der Waals surface area contributed by atoms with Gasteiger partial charge >= 0.3 is 5.97 Å². The van der Waals surface area contributed by atoms with Crippen LogP contribution in [0.3, 0.4) is 0 Å². The maximum absolute atomic E-state index is 12.7. The van der Waals surface area contributed by atoms with E-state index in [9.17, 15) is 9.59 Å². The normalized spacial score (nSPS) is 10.6. The van der Waals surface area contributed by atoms with Gasteiger partial charge in [-0.05, 0) is 42.8 Å². The zero-order valence-corrected chi connectivity index (χ0v) is 16.6. The van der Waals surface area contributed by atoms with Crippen LogP contribution in [0.15, 0.2) is 79.0 Å². The molecule has 30 heavy (non-hydrogen) atoms. The van der Waals surface area contributed by atoms with Crippen molar-refractivity contribution in [2.75, 3.05) is 7.11 Å². The largest absolute Gasteiger partial charge is 0.481 e. The first-order chi connectivity index (χ1) is 14.6. The summed E-state index contributed by atoms with van der Waals surface area (Å²) in [5, 5.41) is 1.40. The average molecular weight is 397 g/mol. The number of hydrogen-bond donors (Lipinski definition) is 0. The Hall–Kier alpha value is -3.99. The lowest BCUT2D eigenvalue weighted by atomic mass is 9.97. The van der Waals surface area contributed by atoms with Gasteiger partial charge in [0.1, 0.15) is 5.75 Å². The quantitative estimate of drug-likeness (QED) is 0.259. The highest BCUT2D eigenvalue weighted by Crippen LogP contribution is 2.39. The molecule has 0 amide bonds. The lowest BCUT2D eigenvalue weighted by Crippen LogP contribution is -2.08. The van der Waals surface area contributed by atoms with Gasteiger partial charge in [0.15, 0.2) is 5.78 Å². The van der Waals surface area contributed by atoms with E-state index in [1.807, 2.05) is 24.3 Å². The molecule has 1 aromatic heterocycles. The summed E-state index contributed by atoms with van der Waals surface area (Å²) in [4.78, 5) is 29.0. The maximum Gasteiger partial charge on any atom is 0.343 e. The van der Waals surface area contributed by atoms with Crippen LogP contribution < -0.4 is 9.47 Å². The Morgan fingerprint density at radius 2 is 1.60 bits per heavy atom. The molecule has 0 saturated heterocycles. The Balaban J connectivity index is 1.90. The molecule has 4 rings (SSSR count). The van der Waals surface area contributed by atoms with Gasteiger partial charge in [-0.15, -0.1) is 0 Å². The van der Waals surface area contributed by atoms with E-state index in [0.717, 1.165) is 11.1 Å². The molecule has 1 heterocycles. The van der Waals surface area contributed by atoms with E-state index in [1.165, 1.54) is 6.92 Å². The zero-order chi connectivity index (χ0) is 21.1. The Morgan fingerprint density at radius 1 is 0.867 bits per heavy atom. The van der Waals surface area contributed by atoms with Gasteiger partial charge < -0.3 is 9.47 Å². The number of carbonyl (C=O) groups excluding carboxylic acids is 2. The minimum absolute atomic E-state index is 0.0293. The number of nitrogens with zero attached hydrogens (tertiary/aromatic N) is 1. The molecule has 0 spiro atoms. The van der Waals surface area contributed by atoms with Gasteiger partial charge in [-0.25, -0.2) is 9.78 Å². The Morgan fingerprint density at radius 3 is 2.33 bits per heavy atom. The Labute approximate surface area is 173 Å². The van der Waals surface area contributed by atoms with Crippen LogP contribution in [0.4, 0.5) is 0 Å². The number of ether oxygens (including phenoxy) is 2. The lowest BCUT2D eigenvalue weighted by molar-refractivity contribution is 0.0737. The second-order valence-electron chi connectivity index (χ2n) is 6.75. The van der Waals surface area contributed by atoms with E-state index >= 15 is 0 Å². The van der Waals surface area contributed by atoms with Crippen molar-refractivity contribution < 1.29 is 19.1 Å². The molecule has 0 fully saturated rings. The molecule has 0 aliphatic heterocycles. The van der Waals surface area contributed by atoms with Gasteiger partial charge in [0.25, 0.3) is 0 Å². The second kappa shape index (κ2) is 8.17. The molecule has 0 radical (unpaired) electrons. The van der Waals surface area contributed by atoms with Gasteiger partial charge in [-0.2, -0.15) is 0 Å². The van der Waals surface area contributed by atoms with Crippen molar-refractivity contribution in [1.29, 1.82) is 0 Å². The van der Waals surface area contributed by atoms with E-state index < -0.39 is 5.97 Å². The van der Waals surface area contributed by atoms with Crippen LogP contribution in [-0.4, -0.2) is 23.8 Å². The summed E-state index contributed by atoms with van der Waals surface area (Å²) in [7, 11) is 1.54. The van der Waals surface area contributed by atoms with E-state index in [-0.39, 0.29) is 5.78 Å². The number of carbonyl (C=O) groups is 2. The third-order valence-corrected chi connectivity index (χ3v) is 4.82. The fraction of sp³-hybridized carbons (Fsp3) is 0.0800. The number of methoxy groups -OCH3 is 1. The molecule has 4 aromatic rings. The number of fused-ring (bicyclic) bond motifs is 1. The van der Waals surface area contributed by atoms with Crippen molar-refractivity contribution in [2.45, 2.75) is 6.92 Å². The summed E-state index contributed by atoms with van der Waals surface area (Å²) in [6.07, 6.45) is 1.67. The van der Waals surface area contributed by atoms with Crippen LogP contribution in [0.25, 0.3) is 21.9 Å². The average Bonchev–Trinajstić information content (AvgIpc) is 2.79. The SMILES string of the molecule is COc1ncc(-c2cccc(C(C)=O)c2)c2c(OC(=O)c3ccccc3)cccc12. The molecule has 5 nitrogen and oxygen atoms in total. The van der Waals surface area contributed by atoms with Crippen molar-refractivity contribution in [3.63, 3.8) is 0 Å². The van der Waals surface area contributed by atoms with Crippen LogP contribution in [0.2, 0.25) is 0 Å². The van der Waals surface area contributed by atoms with Crippen molar-refractivity contribution >= 4 is 22.5 Å². The molecular formula is C25H19NO4. The van der Waals surface area contributed by atoms with Crippen molar-refractivity contribution in [3.8, 4) is 22.8 Å². The van der Waals surface area contributed by atoms with E-state index in [2.05, 4.69) is 4.98 Å². The smallest absolute Gasteiger partial charge is 0.343 e. The summed E-state index contributed by atoms with van der Waals surface area (Å²) in [5.74, 6) is 0.333. The summed E-state index contributed by atoms with van der Waals surface area (Å²) in [6, 6.07) is 21.5. The predicted octanol–water partition coefficient (Wildman–Crippen LogP) is 5.33. The van der Waals surface area contributed by atoms with E-state index in [4.69, 9.17) is 9.47 Å². The highest BCUT2D eigenvalue weighted by molar-refractivity contribution is 6.05. The van der Waals surface area contributed by atoms with Gasteiger partial charge in [0.2, 0.25) is 5.88 Å². The van der Waals surface area contributed by atoms with Crippen LogP contribution in [-0.2, 0) is 0 Å². The van der Waals surface area contributed by atoms with E-state index in [1.54, 1.807) is 61.8 Å². The number of Topliss-reactive ketones (excluding diaryl/α,β-unsaturated/α-hetero) is 1. The molecule has 5 heteroatoms. The Bertz CT molecular complexity index is 1250. The van der Waals surface area contributed by atoms with Crippen LogP contribution in [0.5, 0.6) is 11.6 Å². The molecule has 0 bridgehead atoms. The number of pyridine rings is 1. The van der Waals surface area contributed by atoms with Crippen LogP contribution >= 0.6 is 0 Å². The highest BCUT2D eigenvalue weighted by atomic mass is 16.5. The van der Waals surface area contributed by atoms with Gasteiger partial charge in [0.05, 0.1) is 12.7 Å². The Kier molecular flexibility index (Phi) is 5.26. The first-order valence-corrected chi connectivity index (χ1v) is 9.43. The summed E-state index contributed by atoms with van der Waals surface area (Å²) < 4.78 is 11.2. The number of aromatic nitrogens is 1. The third kappa shape index (κ3) is 3.65. The van der Waals surface area contributed by atoms with E-state index in [0.29, 0.717) is 33.5 Å². The number of benzene rings is 3. The fourth-order valence-corrected chi connectivity index (χ4v) is 3.35. The molecule has 0 aliphatic carbocycles. The van der Waals surface area contributed by atoms with Crippen molar-refractivity contribution in [1.82, 2.24) is 4.98 Å². The minimum atomic E-state index is -0.456. The highest BCUT2D eigenvalue weighted by Gasteiger charge is 2.17. The number of rotatable bonds is 5. The molecule has 148 valence electrons. The summed E-state index contributed by atoms with van der Waals surface area (Å²) in [5.41, 5.74) is 2.59. The molecule has 0 N–H and O–H groups in total. The van der Waals surface area contributed by atoms with Crippen molar-refractivity contribution in [3.05, 3.63) is 90.1 Å². The molecular weight excluding hydrogens is 378 g/mol. The van der Waals surface area contributed by atoms with Gasteiger partial charge in [-0.3, -0.25) is 4.79 Å². The monoisotopic (exact) mass is 397 g/mol. The summed E-state index contributed by atoms with van der Waals surface area (Å²) in [6.45, 7) is 1.52. The van der Waals surface area contributed by atoms with Crippen LogP contribution in [0.1, 0.15) is 27.6 Å². The van der Waals surface area contributed by atoms with Crippen molar-refractivity contribution in [2.24, 2.45) is 0 Å². The van der Waals surface area contributed by atoms with Crippen LogP contribution in [0, 0.1) is 0 Å². The topological polar surface area (TPSA) is 65.5 Å². The second-order valence-corrected chi connectivity index (χ2v) is 6.75. The number of hydrogen-bond acceptors (Lipinski definition) is 5. The maximum atomic E-state index is 12.7. The summed E-state index contributed by atoms with van der Waals surface area (Å²) >= 11 is 0. The third-order valence-electron chi connectivity index (χ3n) is 4.82. The first-order valence-electron chi connectivity index (χ1n) is 9.43. The van der Waals surface area contributed by atoms with Gasteiger partial charge in [0, 0.05) is 28.1 Å². The molecule has 0 saturated carbocycles. The first kappa shape index (κ1) is 19.3. The minimum Gasteiger partial charge on any atom is -0.481 e. The lowest BCUT2D eigenvalue weighted by Gasteiger charge is -2.14.